The van der Waals surface area contributed by atoms with E-state index in [1.807, 2.05) is 60.7 Å². The summed E-state index contributed by atoms with van der Waals surface area (Å²) in [6.07, 6.45) is 3.82. The predicted molar refractivity (Wildman–Crippen MR) is 100 cm³/mol. The van der Waals surface area contributed by atoms with Gasteiger partial charge >= 0.3 is 5.63 Å². The van der Waals surface area contributed by atoms with Crippen LogP contribution in [0, 0.1) is 11.3 Å². The van der Waals surface area contributed by atoms with Gasteiger partial charge in [-0.05, 0) is 34.7 Å². The number of rotatable bonds is 2. The van der Waals surface area contributed by atoms with Crippen molar-refractivity contribution in [3.8, 4) is 6.07 Å². The first-order valence-corrected chi connectivity index (χ1v) is 7.88. The maximum atomic E-state index is 12.0. The van der Waals surface area contributed by atoms with E-state index in [0.717, 1.165) is 27.3 Å². The van der Waals surface area contributed by atoms with Gasteiger partial charge in [-0.25, -0.2) is 4.79 Å². The van der Waals surface area contributed by atoms with Gasteiger partial charge in [0.15, 0.2) is 0 Å². The van der Waals surface area contributed by atoms with Gasteiger partial charge in [0.05, 0.1) is 11.6 Å². The molecule has 0 aliphatic carbocycles. The van der Waals surface area contributed by atoms with Gasteiger partial charge in [-0.3, -0.25) is 0 Å². The molecule has 0 radical (unpaired) electrons. The molecule has 0 fully saturated rings. The molecule has 1 aromatic heterocycles. The predicted octanol–water partition coefficient (Wildman–Crippen LogP) is 4.99. The van der Waals surface area contributed by atoms with E-state index in [-0.39, 0.29) is 5.63 Å². The molecule has 1 heterocycles. The van der Waals surface area contributed by atoms with E-state index in [0.29, 0.717) is 11.1 Å². The molecule has 0 atom stereocenters. The molecule has 0 unspecified atom stereocenters. The third-order valence-electron chi connectivity index (χ3n) is 4.16. The average Bonchev–Trinajstić information content (AvgIpc) is 2.66. The first kappa shape index (κ1) is 14.9. The molecule has 3 heteroatoms. The molecular weight excluding hydrogens is 310 g/mol. The van der Waals surface area contributed by atoms with Crippen LogP contribution in [0.15, 0.2) is 75.9 Å². The summed E-state index contributed by atoms with van der Waals surface area (Å²) in [5.74, 6) is 0. The fraction of sp³-hybridized carbons (Fsp3) is 0. The Morgan fingerprint density at radius 3 is 2.48 bits per heavy atom. The molecule has 118 valence electrons. The van der Waals surface area contributed by atoms with Crippen LogP contribution in [0.2, 0.25) is 0 Å². The van der Waals surface area contributed by atoms with Crippen LogP contribution < -0.4 is 5.63 Å². The highest BCUT2D eigenvalue weighted by Gasteiger charge is 2.07. The van der Waals surface area contributed by atoms with Crippen molar-refractivity contribution in [1.82, 2.24) is 0 Å². The lowest BCUT2D eigenvalue weighted by Crippen LogP contribution is -1.98. The maximum absolute atomic E-state index is 12.0. The van der Waals surface area contributed by atoms with Gasteiger partial charge in [0.2, 0.25) is 0 Å². The summed E-state index contributed by atoms with van der Waals surface area (Å²) in [6.45, 7) is 0. The Kier molecular flexibility index (Phi) is 3.64. The Hall–Kier alpha value is -3.64. The van der Waals surface area contributed by atoms with Gasteiger partial charge in [-0.2, -0.15) is 5.26 Å². The summed E-state index contributed by atoms with van der Waals surface area (Å²) in [6, 6.07) is 22.7. The fourth-order valence-corrected chi connectivity index (χ4v) is 2.91. The van der Waals surface area contributed by atoms with Crippen molar-refractivity contribution < 1.29 is 4.42 Å². The highest BCUT2D eigenvalue weighted by atomic mass is 16.4. The first-order valence-electron chi connectivity index (χ1n) is 7.88. The largest absolute Gasteiger partial charge is 0.422 e. The summed E-state index contributed by atoms with van der Waals surface area (Å²) in [5.41, 5.74) is 2.62. The number of nitriles is 1. The van der Waals surface area contributed by atoms with Gasteiger partial charge in [-0.1, -0.05) is 54.6 Å². The van der Waals surface area contributed by atoms with E-state index in [1.165, 1.54) is 6.07 Å². The first-order chi connectivity index (χ1) is 12.2. The second-order valence-electron chi connectivity index (χ2n) is 5.75. The average molecular weight is 323 g/mol. The fourth-order valence-electron chi connectivity index (χ4n) is 2.91. The molecule has 25 heavy (non-hydrogen) atoms. The minimum Gasteiger partial charge on any atom is -0.422 e. The summed E-state index contributed by atoms with van der Waals surface area (Å²) in [7, 11) is 0. The van der Waals surface area contributed by atoms with E-state index < -0.39 is 0 Å². The van der Waals surface area contributed by atoms with Crippen LogP contribution in [-0.4, -0.2) is 0 Å². The highest BCUT2D eigenvalue weighted by Crippen LogP contribution is 2.27. The molecule has 0 aliphatic rings. The molecule has 0 N–H and O–H groups in total. The number of nitrogens with zero attached hydrogens (tertiary/aromatic N) is 1. The van der Waals surface area contributed by atoms with Crippen molar-refractivity contribution in [2.24, 2.45) is 0 Å². The van der Waals surface area contributed by atoms with Crippen LogP contribution in [-0.2, 0) is 0 Å². The lowest BCUT2D eigenvalue weighted by atomic mass is 10.0. The zero-order chi connectivity index (χ0) is 17.2. The third-order valence-corrected chi connectivity index (χ3v) is 4.16. The second kappa shape index (κ2) is 6.10. The Labute approximate surface area is 144 Å². The van der Waals surface area contributed by atoms with Gasteiger partial charge in [-0.15, -0.1) is 0 Å². The molecular formula is C22H13NO2. The van der Waals surface area contributed by atoms with E-state index in [1.54, 1.807) is 12.1 Å². The number of benzene rings is 3. The van der Waals surface area contributed by atoms with Gasteiger partial charge in [0.1, 0.15) is 5.58 Å². The Bertz CT molecular complexity index is 1210. The monoisotopic (exact) mass is 323 g/mol. The molecule has 0 saturated heterocycles. The molecule has 3 aromatic carbocycles. The summed E-state index contributed by atoms with van der Waals surface area (Å²) >= 11 is 0. The van der Waals surface area contributed by atoms with E-state index in [9.17, 15) is 4.79 Å². The number of fused-ring (bicyclic) bond motifs is 3. The molecule has 0 aliphatic heterocycles. The summed E-state index contributed by atoms with van der Waals surface area (Å²) in [5, 5.41) is 11.7. The van der Waals surface area contributed by atoms with E-state index in [2.05, 4.69) is 6.07 Å². The van der Waals surface area contributed by atoms with Gasteiger partial charge in [0.25, 0.3) is 0 Å². The lowest BCUT2D eigenvalue weighted by Gasteiger charge is -2.05. The van der Waals surface area contributed by atoms with Crippen molar-refractivity contribution in [3.63, 3.8) is 0 Å². The number of hydrogen-bond acceptors (Lipinski definition) is 3. The van der Waals surface area contributed by atoms with Crippen LogP contribution in [0.3, 0.4) is 0 Å². The molecule has 4 aromatic rings. The smallest absolute Gasteiger partial charge is 0.336 e. The Balaban J connectivity index is 1.86. The topological polar surface area (TPSA) is 54.0 Å². The van der Waals surface area contributed by atoms with Crippen molar-refractivity contribution in [1.29, 1.82) is 5.26 Å². The highest BCUT2D eigenvalue weighted by molar-refractivity contribution is 6.06. The number of hydrogen-bond donors (Lipinski definition) is 0. The van der Waals surface area contributed by atoms with E-state index >= 15 is 0 Å². The standard InChI is InChI=1S/C22H13NO2/c23-14-16-7-5-15(6-8-16)9-10-18-13-21(24)25-22-19-4-2-1-3-17(19)11-12-20(18)22/h1-13H/b10-9+. The quantitative estimate of drug-likeness (QED) is 0.386. The third kappa shape index (κ3) is 2.82. The molecule has 4 rings (SSSR count). The molecule has 3 nitrogen and oxygen atoms in total. The minimum atomic E-state index is -0.372. The van der Waals surface area contributed by atoms with E-state index in [4.69, 9.17) is 9.68 Å². The zero-order valence-electron chi connectivity index (χ0n) is 13.3. The Morgan fingerprint density at radius 2 is 1.68 bits per heavy atom. The van der Waals surface area contributed by atoms with Crippen LogP contribution in [0.25, 0.3) is 33.9 Å². The molecule has 0 spiro atoms. The lowest BCUT2D eigenvalue weighted by molar-refractivity contribution is 0.564. The van der Waals surface area contributed by atoms with Crippen LogP contribution >= 0.6 is 0 Å². The van der Waals surface area contributed by atoms with Crippen molar-refractivity contribution in [3.05, 3.63) is 93.8 Å². The van der Waals surface area contributed by atoms with Crippen molar-refractivity contribution in [2.45, 2.75) is 0 Å². The summed E-state index contributed by atoms with van der Waals surface area (Å²) < 4.78 is 5.47. The van der Waals surface area contributed by atoms with Crippen LogP contribution in [0.5, 0.6) is 0 Å². The Morgan fingerprint density at radius 1 is 0.880 bits per heavy atom. The SMILES string of the molecule is N#Cc1ccc(/C=C/c2cc(=O)oc3c2ccc2ccccc23)cc1. The van der Waals surface area contributed by atoms with Crippen molar-refractivity contribution in [2.75, 3.05) is 0 Å². The normalized spacial score (nSPS) is 11.2. The molecule has 0 amide bonds. The molecule has 0 bridgehead atoms. The maximum Gasteiger partial charge on any atom is 0.336 e. The van der Waals surface area contributed by atoms with Crippen molar-refractivity contribution >= 4 is 33.9 Å². The minimum absolute atomic E-state index is 0.372. The summed E-state index contributed by atoms with van der Waals surface area (Å²) in [4.78, 5) is 12.0. The molecule has 0 saturated carbocycles. The van der Waals surface area contributed by atoms with Crippen LogP contribution in [0.4, 0.5) is 0 Å². The second-order valence-corrected chi connectivity index (χ2v) is 5.75. The van der Waals surface area contributed by atoms with Gasteiger partial charge in [0, 0.05) is 16.8 Å². The van der Waals surface area contributed by atoms with Gasteiger partial charge < -0.3 is 4.42 Å². The zero-order valence-corrected chi connectivity index (χ0v) is 13.3. The van der Waals surface area contributed by atoms with Crippen LogP contribution in [0.1, 0.15) is 16.7 Å².